The van der Waals surface area contributed by atoms with Crippen LogP contribution in [0.1, 0.15) is 16.8 Å². The molecule has 0 amide bonds. The summed E-state index contributed by atoms with van der Waals surface area (Å²) < 4.78 is 1.09. The van der Waals surface area contributed by atoms with Gasteiger partial charge in [0, 0.05) is 28.6 Å². The summed E-state index contributed by atoms with van der Waals surface area (Å²) >= 11 is 3.48. The van der Waals surface area contributed by atoms with Crippen LogP contribution < -0.4 is 5.32 Å². The lowest BCUT2D eigenvalue weighted by atomic mass is 10.2. The molecule has 1 aromatic carbocycles. The fraction of sp³-hybridized carbons (Fsp3) is 0.214. The van der Waals surface area contributed by atoms with Crippen molar-refractivity contribution in [3.63, 3.8) is 0 Å². The lowest BCUT2D eigenvalue weighted by Gasteiger charge is -2.10. The molecule has 0 aliphatic heterocycles. The third-order valence-electron chi connectivity index (χ3n) is 2.66. The van der Waals surface area contributed by atoms with Crippen LogP contribution >= 0.6 is 15.9 Å². The summed E-state index contributed by atoms with van der Waals surface area (Å²) in [6.07, 6.45) is 1.91. The first-order chi connectivity index (χ1) is 8.15. The molecule has 2 nitrogen and oxygen atoms in total. The maximum absolute atomic E-state index is 4.28. The molecule has 0 spiro atoms. The summed E-state index contributed by atoms with van der Waals surface area (Å²) in [5.41, 5.74) is 4.63. The van der Waals surface area contributed by atoms with Crippen molar-refractivity contribution in [2.24, 2.45) is 0 Å². The number of benzene rings is 1. The fourth-order valence-corrected chi connectivity index (χ4v) is 1.95. The van der Waals surface area contributed by atoms with Crippen molar-refractivity contribution < 1.29 is 0 Å². The average molecular weight is 291 g/mol. The first-order valence-electron chi connectivity index (χ1n) is 5.57. The Balaban J connectivity index is 2.07. The van der Waals surface area contributed by atoms with E-state index in [1.807, 2.05) is 25.3 Å². The molecule has 0 bridgehead atoms. The van der Waals surface area contributed by atoms with E-state index in [2.05, 4.69) is 51.4 Å². The van der Waals surface area contributed by atoms with Gasteiger partial charge in [0.1, 0.15) is 0 Å². The SMILES string of the molecule is Cc1ccc(CNc2cc(Br)ccc2C)cn1. The van der Waals surface area contributed by atoms with Crippen molar-refractivity contribution in [2.75, 3.05) is 5.32 Å². The van der Waals surface area contributed by atoms with Gasteiger partial charge in [0.05, 0.1) is 0 Å². The molecule has 0 aliphatic carbocycles. The predicted molar refractivity (Wildman–Crippen MR) is 75.2 cm³/mol. The van der Waals surface area contributed by atoms with Gasteiger partial charge in [-0.25, -0.2) is 0 Å². The Kier molecular flexibility index (Phi) is 3.79. The monoisotopic (exact) mass is 290 g/mol. The normalized spacial score (nSPS) is 10.3. The Morgan fingerprint density at radius 2 is 2.00 bits per heavy atom. The van der Waals surface area contributed by atoms with Crippen molar-refractivity contribution in [3.8, 4) is 0 Å². The summed E-state index contributed by atoms with van der Waals surface area (Å²) in [5, 5.41) is 3.42. The summed E-state index contributed by atoms with van der Waals surface area (Å²) in [6.45, 7) is 4.89. The first-order valence-corrected chi connectivity index (χ1v) is 6.36. The molecule has 0 unspecified atom stereocenters. The van der Waals surface area contributed by atoms with E-state index in [1.54, 1.807) is 0 Å². The second-order valence-electron chi connectivity index (χ2n) is 4.12. The highest BCUT2D eigenvalue weighted by molar-refractivity contribution is 9.10. The zero-order valence-corrected chi connectivity index (χ0v) is 11.6. The van der Waals surface area contributed by atoms with Crippen LogP contribution in [0.2, 0.25) is 0 Å². The number of pyridine rings is 1. The number of nitrogens with one attached hydrogen (secondary N) is 1. The third-order valence-corrected chi connectivity index (χ3v) is 3.15. The Hall–Kier alpha value is -1.35. The van der Waals surface area contributed by atoms with Crippen LogP contribution in [0, 0.1) is 13.8 Å². The van der Waals surface area contributed by atoms with Gasteiger partial charge in [-0.15, -0.1) is 0 Å². The van der Waals surface area contributed by atoms with Gasteiger partial charge in [-0.1, -0.05) is 28.1 Å². The maximum Gasteiger partial charge on any atom is 0.0416 e. The summed E-state index contributed by atoms with van der Waals surface area (Å²) in [4.78, 5) is 4.28. The summed E-state index contributed by atoms with van der Waals surface area (Å²) in [6, 6.07) is 10.4. The van der Waals surface area contributed by atoms with Gasteiger partial charge in [0.15, 0.2) is 0 Å². The molecular formula is C14H15BrN2. The Morgan fingerprint density at radius 3 is 2.71 bits per heavy atom. The molecular weight excluding hydrogens is 276 g/mol. The number of anilines is 1. The van der Waals surface area contributed by atoms with Gasteiger partial charge in [-0.2, -0.15) is 0 Å². The maximum atomic E-state index is 4.28. The highest BCUT2D eigenvalue weighted by atomic mass is 79.9. The van der Waals surface area contributed by atoms with Gasteiger partial charge in [0.25, 0.3) is 0 Å². The standard InChI is InChI=1S/C14H15BrN2/c1-10-3-6-13(15)7-14(10)17-9-12-5-4-11(2)16-8-12/h3-8,17H,9H2,1-2H3. The fourth-order valence-electron chi connectivity index (χ4n) is 1.58. The Bertz CT molecular complexity index is 506. The number of rotatable bonds is 3. The minimum absolute atomic E-state index is 0.796. The molecule has 2 rings (SSSR count). The molecule has 88 valence electrons. The van der Waals surface area contributed by atoms with Crippen molar-refractivity contribution in [2.45, 2.75) is 20.4 Å². The van der Waals surface area contributed by atoms with Gasteiger partial charge < -0.3 is 5.32 Å². The van der Waals surface area contributed by atoms with Crippen molar-refractivity contribution in [3.05, 3.63) is 57.8 Å². The molecule has 0 atom stereocenters. The molecule has 0 saturated heterocycles. The van der Waals surface area contributed by atoms with Gasteiger partial charge in [-0.05, 0) is 43.2 Å². The minimum atomic E-state index is 0.796. The second kappa shape index (κ2) is 5.32. The number of nitrogens with zero attached hydrogens (tertiary/aromatic N) is 1. The number of aromatic nitrogens is 1. The third kappa shape index (κ3) is 3.30. The van der Waals surface area contributed by atoms with Crippen molar-refractivity contribution in [1.82, 2.24) is 4.98 Å². The van der Waals surface area contributed by atoms with Crippen LogP contribution in [-0.2, 0) is 6.54 Å². The molecule has 1 heterocycles. The predicted octanol–water partition coefficient (Wildman–Crippen LogP) is 4.07. The van der Waals surface area contributed by atoms with Gasteiger partial charge in [0.2, 0.25) is 0 Å². The smallest absolute Gasteiger partial charge is 0.0416 e. The van der Waals surface area contributed by atoms with Crippen LogP contribution in [0.3, 0.4) is 0 Å². The zero-order chi connectivity index (χ0) is 12.3. The summed E-state index contributed by atoms with van der Waals surface area (Å²) in [7, 11) is 0. The largest absolute Gasteiger partial charge is 0.381 e. The molecule has 0 saturated carbocycles. The lowest BCUT2D eigenvalue weighted by Crippen LogP contribution is -2.01. The van der Waals surface area contributed by atoms with E-state index in [9.17, 15) is 0 Å². The van der Waals surface area contributed by atoms with Crippen molar-refractivity contribution >= 4 is 21.6 Å². The highest BCUT2D eigenvalue weighted by Crippen LogP contribution is 2.21. The van der Waals surface area contributed by atoms with E-state index in [4.69, 9.17) is 0 Å². The van der Waals surface area contributed by atoms with E-state index in [-0.39, 0.29) is 0 Å². The van der Waals surface area contributed by atoms with Crippen LogP contribution in [-0.4, -0.2) is 4.98 Å². The zero-order valence-electron chi connectivity index (χ0n) is 10.00. The minimum Gasteiger partial charge on any atom is -0.381 e. The molecule has 0 aliphatic rings. The van der Waals surface area contributed by atoms with Crippen LogP contribution in [0.4, 0.5) is 5.69 Å². The second-order valence-corrected chi connectivity index (χ2v) is 5.04. The molecule has 3 heteroatoms. The topological polar surface area (TPSA) is 24.9 Å². The highest BCUT2D eigenvalue weighted by Gasteiger charge is 1.99. The molecule has 1 aromatic heterocycles. The van der Waals surface area contributed by atoms with Gasteiger partial charge >= 0.3 is 0 Å². The summed E-state index contributed by atoms with van der Waals surface area (Å²) in [5.74, 6) is 0. The molecule has 2 aromatic rings. The molecule has 0 radical (unpaired) electrons. The number of hydrogen-bond donors (Lipinski definition) is 1. The number of hydrogen-bond acceptors (Lipinski definition) is 2. The Morgan fingerprint density at radius 1 is 1.18 bits per heavy atom. The van der Waals surface area contributed by atoms with E-state index in [1.165, 1.54) is 11.1 Å². The van der Waals surface area contributed by atoms with Crippen LogP contribution in [0.25, 0.3) is 0 Å². The Labute approximate surface area is 110 Å². The average Bonchev–Trinajstić information content (AvgIpc) is 2.32. The van der Waals surface area contributed by atoms with E-state index in [0.29, 0.717) is 0 Å². The molecule has 1 N–H and O–H groups in total. The molecule has 17 heavy (non-hydrogen) atoms. The lowest BCUT2D eigenvalue weighted by molar-refractivity contribution is 1.08. The van der Waals surface area contributed by atoms with Gasteiger partial charge in [-0.3, -0.25) is 4.98 Å². The number of aryl methyl sites for hydroxylation is 2. The van der Waals surface area contributed by atoms with E-state index < -0.39 is 0 Å². The quantitative estimate of drug-likeness (QED) is 0.922. The molecule has 0 fully saturated rings. The number of halogens is 1. The first kappa shape index (κ1) is 12.1. The van der Waals surface area contributed by atoms with E-state index in [0.717, 1.165) is 22.4 Å². The van der Waals surface area contributed by atoms with Crippen LogP contribution in [0.5, 0.6) is 0 Å². The van der Waals surface area contributed by atoms with E-state index >= 15 is 0 Å². The van der Waals surface area contributed by atoms with Crippen molar-refractivity contribution in [1.29, 1.82) is 0 Å². The van der Waals surface area contributed by atoms with Crippen LogP contribution in [0.15, 0.2) is 41.0 Å².